The third kappa shape index (κ3) is 4.20. The molecule has 1 aromatic carbocycles. The second-order valence-corrected chi connectivity index (χ2v) is 6.90. The van der Waals surface area contributed by atoms with Gasteiger partial charge in [0.1, 0.15) is 0 Å². The van der Waals surface area contributed by atoms with Gasteiger partial charge >= 0.3 is 6.03 Å². The van der Waals surface area contributed by atoms with Crippen LogP contribution in [0.2, 0.25) is 0 Å². The highest BCUT2D eigenvalue weighted by Crippen LogP contribution is 2.33. The molecule has 2 N–H and O–H groups in total. The molecule has 0 spiro atoms. The Hall–Kier alpha value is -2.44. The highest BCUT2D eigenvalue weighted by Gasteiger charge is 2.32. The van der Waals surface area contributed by atoms with Gasteiger partial charge in [0, 0.05) is 30.8 Å². The summed E-state index contributed by atoms with van der Waals surface area (Å²) in [5, 5.41) is 5.97. The van der Waals surface area contributed by atoms with E-state index in [1.165, 1.54) is 19.3 Å². The number of urea groups is 1. The number of ether oxygens (including phenoxy) is 2. The summed E-state index contributed by atoms with van der Waals surface area (Å²) in [5.74, 6) is 1.17. The van der Waals surface area contributed by atoms with Crippen LogP contribution >= 0.6 is 0 Å². The number of hydrogen-bond acceptors (Lipinski definition) is 4. The molecular formula is C19H27N3O4. The molecule has 1 saturated carbocycles. The summed E-state index contributed by atoms with van der Waals surface area (Å²) in [5.41, 5.74) is 0.740. The second kappa shape index (κ2) is 8.29. The van der Waals surface area contributed by atoms with Crippen molar-refractivity contribution in [2.45, 2.75) is 50.6 Å². The van der Waals surface area contributed by atoms with Crippen molar-refractivity contribution in [1.29, 1.82) is 0 Å². The predicted molar refractivity (Wildman–Crippen MR) is 98.8 cm³/mol. The summed E-state index contributed by atoms with van der Waals surface area (Å²) in [6, 6.07) is 5.26. The monoisotopic (exact) mass is 361 g/mol. The van der Waals surface area contributed by atoms with Crippen molar-refractivity contribution in [2.24, 2.45) is 0 Å². The molecule has 0 radical (unpaired) electrons. The van der Waals surface area contributed by atoms with Crippen molar-refractivity contribution in [3.8, 4) is 11.5 Å². The minimum atomic E-state index is -0.195. The van der Waals surface area contributed by atoms with E-state index in [1.54, 1.807) is 31.3 Å². The van der Waals surface area contributed by atoms with E-state index in [2.05, 4.69) is 10.6 Å². The van der Waals surface area contributed by atoms with Crippen LogP contribution in [0.4, 0.5) is 10.5 Å². The first-order valence-corrected chi connectivity index (χ1v) is 9.20. The molecule has 1 atom stereocenters. The fourth-order valence-corrected chi connectivity index (χ4v) is 3.71. The fraction of sp³-hybridized carbons (Fsp3) is 0.579. The maximum Gasteiger partial charge on any atom is 0.315 e. The lowest BCUT2D eigenvalue weighted by atomic mass is 9.96. The molecule has 3 amide bonds. The summed E-state index contributed by atoms with van der Waals surface area (Å²) in [6.07, 6.45) is 5.95. The predicted octanol–water partition coefficient (Wildman–Crippen LogP) is 2.44. The molecule has 7 heteroatoms. The molecule has 0 bridgehead atoms. The molecular weight excluding hydrogens is 334 g/mol. The van der Waals surface area contributed by atoms with E-state index in [4.69, 9.17) is 9.47 Å². The first-order chi connectivity index (χ1) is 12.6. The van der Waals surface area contributed by atoms with Crippen molar-refractivity contribution in [1.82, 2.24) is 10.6 Å². The second-order valence-electron chi connectivity index (χ2n) is 6.90. The number of hydrogen-bond donors (Lipinski definition) is 2. The van der Waals surface area contributed by atoms with Gasteiger partial charge in [0.2, 0.25) is 5.91 Å². The zero-order valence-corrected chi connectivity index (χ0v) is 15.4. The van der Waals surface area contributed by atoms with E-state index in [0.717, 1.165) is 18.5 Å². The smallest absolute Gasteiger partial charge is 0.315 e. The molecule has 1 aromatic rings. The van der Waals surface area contributed by atoms with Crippen LogP contribution in [0.1, 0.15) is 38.5 Å². The number of anilines is 1. The average Bonchev–Trinajstić information content (AvgIpc) is 3.01. The van der Waals surface area contributed by atoms with Gasteiger partial charge in [0.05, 0.1) is 20.3 Å². The van der Waals surface area contributed by atoms with Crippen LogP contribution in [-0.2, 0) is 4.79 Å². The van der Waals surface area contributed by atoms with Gasteiger partial charge in [-0.05, 0) is 25.0 Å². The maximum atomic E-state index is 12.4. The van der Waals surface area contributed by atoms with Crippen LogP contribution in [0.15, 0.2) is 18.2 Å². The first kappa shape index (κ1) is 18.4. The Balaban J connectivity index is 1.58. The van der Waals surface area contributed by atoms with E-state index >= 15 is 0 Å². The van der Waals surface area contributed by atoms with Crippen molar-refractivity contribution < 1.29 is 19.1 Å². The quantitative estimate of drug-likeness (QED) is 0.844. The average molecular weight is 361 g/mol. The lowest BCUT2D eigenvalue weighted by molar-refractivity contribution is -0.117. The van der Waals surface area contributed by atoms with Crippen molar-refractivity contribution in [2.75, 3.05) is 25.7 Å². The van der Waals surface area contributed by atoms with Crippen LogP contribution in [0.5, 0.6) is 11.5 Å². The van der Waals surface area contributed by atoms with Crippen LogP contribution < -0.4 is 25.0 Å². The van der Waals surface area contributed by atoms with E-state index < -0.39 is 0 Å². The molecule has 0 aromatic heterocycles. The number of rotatable bonds is 5. The van der Waals surface area contributed by atoms with Gasteiger partial charge in [-0.2, -0.15) is 0 Å². The van der Waals surface area contributed by atoms with Crippen LogP contribution in [0.3, 0.4) is 0 Å². The molecule has 2 aliphatic rings. The lowest BCUT2D eigenvalue weighted by Crippen LogP contribution is -2.47. The normalized spacial score (nSPS) is 20.8. The SMILES string of the molecule is COc1ccc(N2CC(NC(=O)NC3CCCCC3)CC2=O)cc1OC. The standard InChI is InChI=1S/C19H27N3O4/c1-25-16-9-8-15(11-17(16)26-2)22-12-14(10-18(22)23)21-19(24)20-13-6-4-3-5-7-13/h8-9,11,13-14H,3-7,10,12H2,1-2H3,(H2,20,21,24). The van der Waals surface area contributed by atoms with Crippen LogP contribution in [0.25, 0.3) is 0 Å². The summed E-state index contributed by atoms with van der Waals surface area (Å²) in [4.78, 5) is 26.3. The van der Waals surface area contributed by atoms with Gasteiger partial charge in [-0.15, -0.1) is 0 Å². The zero-order chi connectivity index (χ0) is 18.5. The number of amides is 3. The van der Waals surface area contributed by atoms with Crippen molar-refractivity contribution >= 4 is 17.6 Å². The Morgan fingerprint density at radius 3 is 2.42 bits per heavy atom. The Labute approximate surface area is 154 Å². The topological polar surface area (TPSA) is 79.9 Å². The third-order valence-electron chi connectivity index (χ3n) is 5.08. The van der Waals surface area contributed by atoms with Crippen LogP contribution in [0, 0.1) is 0 Å². The molecule has 1 saturated heterocycles. The highest BCUT2D eigenvalue weighted by atomic mass is 16.5. The lowest BCUT2D eigenvalue weighted by Gasteiger charge is -2.24. The van der Waals surface area contributed by atoms with Gasteiger partial charge in [-0.25, -0.2) is 4.79 Å². The Morgan fingerprint density at radius 1 is 1.04 bits per heavy atom. The van der Waals surface area contributed by atoms with Gasteiger partial charge < -0.3 is 25.0 Å². The Bertz CT molecular complexity index is 658. The largest absolute Gasteiger partial charge is 0.493 e. The van der Waals surface area contributed by atoms with E-state index in [0.29, 0.717) is 24.5 Å². The van der Waals surface area contributed by atoms with E-state index in [-0.39, 0.29) is 24.0 Å². The Kier molecular flexibility index (Phi) is 5.85. The van der Waals surface area contributed by atoms with E-state index in [1.807, 2.05) is 6.07 Å². The first-order valence-electron chi connectivity index (χ1n) is 9.20. The number of benzene rings is 1. The number of carbonyl (C=O) groups excluding carboxylic acids is 2. The Morgan fingerprint density at radius 2 is 1.73 bits per heavy atom. The summed E-state index contributed by atoms with van der Waals surface area (Å²) < 4.78 is 10.5. The number of nitrogens with zero attached hydrogens (tertiary/aromatic N) is 1. The fourth-order valence-electron chi connectivity index (χ4n) is 3.71. The third-order valence-corrected chi connectivity index (χ3v) is 5.08. The van der Waals surface area contributed by atoms with Gasteiger partial charge in [-0.3, -0.25) is 4.79 Å². The molecule has 2 fully saturated rings. The molecule has 3 rings (SSSR count). The molecule has 1 unspecified atom stereocenters. The van der Waals surface area contributed by atoms with Gasteiger partial charge in [0.15, 0.2) is 11.5 Å². The number of nitrogens with one attached hydrogen (secondary N) is 2. The highest BCUT2D eigenvalue weighted by molar-refractivity contribution is 5.97. The minimum absolute atomic E-state index is 0.0137. The molecule has 7 nitrogen and oxygen atoms in total. The zero-order valence-electron chi connectivity index (χ0n) is 15.4. The summed E-state index contributed by atoms with van der Waals surface area (Å²) in [6.45, 7) is 0.451. The summed E-state index contributed by atoms with van der Waals surface area (Å²) >= 11 is 0. The van der Waals surface area contributed by atoms with E-state index in [9.17, 15) is 9.59 Å². The minimum Gasteiger partial charge on any atom is -0.493 e. The van der Waals surface area contributed by atoms with Crippen molar-refractivity contribution in [3.05, 3.63) is 18.2 Å². The molecule has 1 heterocycles. The number of carbonyl (C=O) groups is 2. The maximum absolute atomic E-state index is 12.4. The molecule has 142 valence electrons. The van der Waals surface area contributed by atoms with Crippen molar-refractivity contribution in [3.63, 3.8) is 0 Å². The van der Waals surface area contributed by atoms with Gasteiger partial charge in [0.25, 0.3) is 0 Å². The molecule has 1 aliphatic heterocycles. The molecule has 1 aliphatic carbocycles. The molecule has 26 heavy (non-hydrogen) atoms. The number of methoxy groups -OCH3 is 2. The van der Waals surface area contributed by atoms with Crippen LogP contribution in [-0.4, -0.2) is 44.8 Å². The summed E-state index contributed by atoms with van der Waals surface area (Å²) in [7, 11) is 3.14. The van der Waals surface area contributed by atoms with Gasteiger partial charge in [-0.1, -0.05) is 19.3 Å².